The molecule has 7 heteroatoms. The van der Waals surface area contributed by atoms with E-state index in [-0.39, 0.29) is 5.56 Å². The van der Waals surface area contributed by atoms with Crippen molar-refractivity contribution in [3.8, 4) is 0 Å². The van der Waals surface area contributed by atoms with E-state index in [9.17, 15) is 17.9 Å². The molecule has 0 amide bonds. The van der Waals surface area contributed by atoms with E-state index < -0.39 is 24.0 Å². The van der Waals surface area contributed by atoms with Gasteiger partial charge in [0.1, 0.15) is 11.9 Å². The predicted octanol–water partition coefficient (Wildman–Crippen LogP) is 2.23. The summed E-state index contributed by atoms with van der Waals surface area (Å²) in [6.07, 6.45) is -0.748. The van der Waals surface area contributed by atoms with Crippen LogP contribution in [0.5, 0.6) is 0 Å². The molecule has 0 fully saturated rings. The van der Waals surface area contributed by atoms with E-state index in [1.807, 2.05) is 0 Å². The molecule has 1 rings (SSSR count). The highest BCUT2D eigenvalue weighted by Gasteiger charge is 2.44. The fourth-order valence-electron chi connectivity index (χ4n) is 1.08. The Morgan fingerprint density at radius 3 is 2.44 bits per heavy atom. The molecule has 3 nitrogen and oxygen atoms in total. The highest BCUT2D eigenvalue weighted by molar-refractivity contribution is 14.1. The van der Waals surface area contributed by atoms with Gasteiger partial charge >= 0.3 is 0 Å². The summed E-state index contributed by atoms with van der Waals surface area (Å²) in [5, 5.41) is 9.81. The lowest BCUT2D eigenvalue weighted by atomic mass is 10.1. The molecule has 0 unspecified atom stereocenters. The molecule has 0 bridgehead atoms. The van der Waals surface area contributed by atoms with Crippen molar-refractivity contribution in [2.45, 2.75) is 8.32 Å². The van der Waals surface area contributed by atoms with E-state index >= 15 is 0 Å². The number of alkyl halides is 2. The van der Waals surface area contributed by atoms with Crippen molar-refractivity contribution in [3.63, 3.8) is 0 Å². The number of aliphatic hydroxyl groups excluding tert-OH is 1. The third-order valence-corrected chi connectivity index (χ3v) is 7.26. The van der Waals surface area contributed by atoms with E-state index in [0.29, 0.717) is 0 Å². The number of halogens is 3. The molecular weight excluding hydrogens is 370 g/mol. The minimum atomic E-state index is -3.73. The molecule has 0 saturated heterocycles. The number of sulfone groups is 1. The average molecular weight is 379 g/mol. The van der Waals surface area contributed by atoms with Crippen molar-refractivity contribution >= 4 is 44.0 Å². The second-order valence-corrected chi connectivity index (χ2v) is 9.34. The molecule has 0 saturated carbocycles. The van der Waals surface area contributed by atoms with Gasteiger partial charge in [-0.15, -0.1) is 0 Å². The fourth-order valence-corrected chi connectivity index (χ4v) is 2.07. The summed E-state index contributed by atoms with van der Waals surface area (Å²) in [5.41, 5.74) is -0.141. The first-order valence-electron chi connectivity index (χ1n) is 4.18. The number of hydrogen-bond acceptors (Lipinski definition) is 3. The van der Waals surface area contributed by atoms with Crippen molar-refractivity contribution in [1.82, 2.24) is 0 Å². The number of aliphatic hydroxyl groups is 1. The van der Waals surface area contributed by atoms with Gasteiger partial charge in [-0.05, 0) is 28.7 Å². The van der Waals surface area contributed by atoms with Crippen LogP contribution in [0.1, 0.15) is 11.7 Å². The van der Waals surface area contributed by atoms with E-state index in [2.05, 4.69) is 0 Å². The molecule has 0 radical (unpaired) electrons. The Bertz CT molecular complexity index is 489. The van der Waals surface area contributed by atoms with E-state index in [1.54, 1.807) is 0 Å². The lowest BCUT2D eigenvalue weighted by molar-refractivity contribution is 0.183. The molecule has 0 spiro atoms. The Morgan fingerprint density at radius 2 is 2.00 bits per heavy atom. The molecule has 1 aromatic rings. The number of benzene rings is 1. The summed E-state index contributed by atoms with van der Waals surface area (Å²) in [4.78, 5) is 0. The van der Waals surface area contributed by atoms with Crippen molar-refractivity contribution in [2.24, 2.45) is 0 Å². The van der Waals surface area contributed by atoms with Gasteiger partial charge in [0, 0.05) is 11.8 Å². The quantitative estimate of drug-likeness (QED) is 0.648. The van der Waals surface area contributed by atoms with Crippen molar-refractivity contribution < 1.29 is 17.9 Å². The second kappa shape index (κ2) is 4.75. The maximum Gasteiger partial charge on any atom is 0.225 e. The van der Waals surface area contributed by atoms with Crippen molar-refractivity contribution in [3.05, 3.63) is 35.6 Å². The highest BCUT2D eigenvalue weighted by Crippen LogP contribution is 2.43. The smallest absolute Gasteiger partial charge is 0.225 e. The lowest BCUT2D eigenvalue weighted by Crippen LogP contribution is -2.32. The second-order valence-electron chi connectivity index (χ2n) is 3.26. The van der Waals surface area contributed by atoms with Crippen molar-refractivity contribution in [1.29, 1.82) is 0 Å². The summed E-state index contributed by atoms with van der Waals surface area (Å²) in [6, 6.07) is 5.36. The topological polar surface area (TPSA) is 54.4 Å². The van der Waals surface area contributed by atoms with Gasteiger partial charge in [-0.1, -0.05) is 29.8 Å². The summed E-state index contributed by atoms with van der Waals surface area (Å²) >= 11 is 7.14. The van der Waals surface area contributed by atoms with E-state index in [4.69, 9.17) is 11.6 Å². The lowest BCUT2D eigenvalue weighted by Gasteiger charge is -2.24. The molecule has 1 aromatic carbocycles. The zero-order valence-electron chi connectivity index (χ0n) is 8.19. The Morgan fingerprint density at radius 1 is 1.50 bits per heavy atom. The van der Waals surface area contributed by atoms with Crippen LogP contribution in [0, 0.1) is 5.82 Å². The van der Waals surface area contributed by atoms with E-state index in [0.717, 1.165) is 12.3 Å². The van der Waals surface area contributed by atoms with Crippen LogP contribution < -0.4 is 0 Å². The summed E-state index contributed by atoms with van der Waals surface area (Å²) in [6.45, 7) is 0. The molecule has 0 aliphatic carbocycles. The maximum absolute atomic E-state index is 13.3. The Kier molecular flexibility index (Phi) is 4.20. The van der Waals surface area contributed by atoms with Crippen LogP contribution in [-0.2, 0) is 9.84 Å². The van der Waals surface area contributed by atoms with Crippen LogP contribution in [0.25, 0.3) is 0 Å². The molecule has 1 N–H and O–H groups in total. The summed E-state index contributed by atoms with van der Waals surface area (Å²) < 4.78 is 34.1. The maximum atomic E-state index is 13.3. The van der Waals surface area contributed by atoms with Gasteiger partial charge in [0.05, 0.1) is 0 Å². The zero-order chi connectivity index (χ0) is 12.6. The fraction of sp³-hybridized carbons (Fsp3) is 0.333. The van der Waals surface area contributed by atoms with Gasteiger partial charge in [-0.25, -0.2) is 12.8 Å². The molecule has 16 heavy (non-hydrogen) atoms. The third kappa shape index (κ3) is 2.66. The predicted molar refractivity (Wildman–Crippen MR) is 68.8 cm³/mol. The van der Waals surface area contributed by atoms with Gasteiger partial charge in [0.2, 0.25) is 2.21 Å². The van der Waals surface area contributed by atoms with Crippen LogP contribution >= 0.6 is 34.2 Å². The number of hydrogen-bond donors (Lipinski definition) is 1. The monoisotopic (exact) mass is 378 g/mol. The Balaban J connectivity index is 3.23. The van der Waals surface area contributed by atoms with Crippen LogP contribution in [-0.4, -0.2) is 22.0 Å². The first-order chi connectivity index (χ1) is 7.18. The molecule has 0 aliphatic heterocycles. The van der Waals surface area contributed by atoms with Gasteiger partial charge < -0.3 is 5.11 Å². The van der Waals surface area contributed by atoms with Gasteiger partial charge in [-0.2, -0.15) is 0 Å². The summed E-state index contributed by atoms with van der Waals surface area (Å²) in [5.74, 6) is -0.694. The summed E-state index contributed by atoms with van der Waals surface area (Å²) in [7, 11) is -3.73. The van der Waals surface area contributed by atoms with Crippen LogP contribution in [0.4, 0.5) is 4.39 Å². The molecule has 0 aromatic heterocycles. The van der Waals surface area contributed by atoms with Crippen LogP contribution in [0.3, 0.4) is 0 Å². The van der Waals surface area contributed by atoms with Gasteiger partial charge in [-0.3, -0.25) is 0 Å². The molecule has 0 heterocycles. The van der Waals surface area contributed by atoms with Crippen molar-refractivity contribution in [2.75, 3.05) is 6.26 Å². The average Bonchev–Trinajstić information content (AvgIpc) is 2.15. The molecule has 90 valence electrons. The Labute approximate surface area is 112 Å². The standard InChI is InChI=1S/C9H9ClFIO3S/c1-16(14,15)9(10,12)8(13)6-4-2-3-5-7(6)11/h2-5,8,13H,1H3/t8-,9+/m1/s1. The largest absolute Gasteiger partial charge is 0.384 e. The first-order valence-corrected chi connectivity index (χ1v) is 7.52. The van der Waals surface area contributed by atoms with E-state index in [1.165, 1.54) is 40.8 Å². The zero-order valence-corrected chi connectivity index (χ0v) is 11.9. The van der Waals surface area contributed by atoms with Gasteiger partial charge in [0.15, 0.2) is 9.84 Å². The normalized spacial score (nSPS) is 17.8. The molecular formula is C9H9ClFIO3S. The van der Waals surface area contributed by atoms with Crippen LogP contribution in [0.2, 0.25) is 0 Å². The Hall–Kier alpha value is 0.0800. The molecule has 0 aliphatic rings. The number of rotatable bonds is 3. The molecule has 2 atom stereocenters. The third-order valence-electron chi connectivity index (χ3n) is 2.01. The van der Waals surface area contributed by atoms with Gasteiger partial charge in [0.25, 0.3) is 0 Å². The SMILES string of the molecule is CS(=O)(=O)[C@@](Cl)(I)[C@H](O)c1ccccc1F. The minimum absolute atomic E-state index is 0.141. The first kappa shape index (κ1) is 14.1. The van der Waals surface area contributed by atoms with Crippen LogP contribution in [0.15, 0.2) is 24.3 Å². The highest BCUT2D eigenvalue weighted by atomic mass is 127. The minimum Gasteiger partial charge on any atom is -0.384 e.